The Hall–Kier alpha value is -2.59. The molecule has 17 heteroatoms. The third-order valence-electron chi connectivity index (χ3n) is 3.88. The average molecular weight is 510 g/mol. The first-order chi connectivity index (χ1) is 14.7. The normalized spacial score (nSPS) is 13.6. The molecule has 0 spiro atoms. The number of nitrogens with one attached hydrogen (secondary N) is 2. The monoisotopic (exact) mass is 510 g/mol. The lowest BCUT2D eigenvalue weighted by Gasteiger charge is -2.37. The molecule has 1 aromatic rings. The highest BCUT2D eigenvalue weighted by molar-refractivity contribution is 5.97. The zero-order chi connectivity index (χ0) is 25.9. The zero-order valence-electron chi connectivity index (χ0n) is 16.1. The first-order valence-electron chi connectivity index (χ1n) is 8.46. The van der Waals surface area contributed by atoms with E-state index in [4.69, 9.17) is 0 Å². The van der Waals surface area contributed by atoms with Crippen molar-refractivity contribution in [2.75, 3.05) is 13.2 Å². The predicted octanol–water partition coefficient (Wildman–Crippen LogP) is 5.08. The number of halogens is 12. The van der Waals surface area contributed by atoms with E-state index in [0.717, 1.165) is 10.9 Å². The molecule has 0 bridgehead atoms. The lowest BCUT2D eigenvalue weighted by Crippen LogP contribution is -2.69. The Morgan fingerprint density at radius 2 is 1.30 bits per heavy atom. The van der Waals surface area contributed by atoms with Crippen LogP contribution in [0.4, 0.5) is 52.7 Å². The molecule has 0 saturated heterocycles. The highest BCUT2D eigenvalue weighted by Crippen LogP contribution is 2.44. The quantitative estimate of drug-likeness (QED) is 0.379. The minimum atomic E-state index is -5.99. The van der Waals surface area contributed by atoms with Crippen LogP contribution in [-0.4, -0.2) is 49.4 Å². The number of rotatable bonds is 8. The Labute approximate surface area is 177 Å². The lowest BCUT2D eigenvalue weighted by molar-refractivity contribution is -0.310. The molecule has 0 aliphatic carbocycles. The van der Waals surface area contributed by atoms with Crippen molar-refractivity contribution in [1.29, 1.82) is 0 Å². The van der Waals surface area contributed by atoms with Crippen molar-refractivity contribution in [3.05, 3.63) is 23.8 Å². The maximum Gasteiger partial charge on any atom is 0.422 e. The summed E-state index contributed by atoms with van der Waals surface area (Å²) in [6.45, 7) is -3.47. The number of alkyl halides is 12. The molecule has 0 heterocycles. The molecule has 0 fully saturated rings. The Bertz CT molecular complexity index is 801. The second-order valence-electron chi connectivity index (χ2n) is 6.30. The summed E-state index contributed by atoms with van der Waals surface area (Å²) < 4.78 is 161. The SMILES string of the molecule is CCC(NNC(=O)c1cc(OCC(F)(F)F)ccc1OCC(F)(F)F)(C(F)(F)F)C(F)(F)F. The van der Waals surface area contributed by atoms with Gasteiger partial charge in [-0.15, -0.1) is 0 Å². The van der Waals surface area contributed by atoms with Crippen molar-refractivity contribution >= 4 is 5.91 Å². The van der Waals surface area contributed by atoms with Crippen LogP contribution in [0.25, 0.3) is 0 Å². The van der Waals surface area contributed by atoms with E-state index in [0.29, 0.717) is 25.1 Å². The Kier molecular flexibility index (Phi) is 8.38. The fourth-order valence-corrected chi connectivity index (χ4v) is 2.25. The van der Waals surface area contributed by atoms with Crippen molar-refractivity contribution in [2.24, 2.45) is 0 Å². The first kappa shape index (κ1) is 28.4. The summed E-state index contributed by atoms with van der Waals surface area (Å²) in [5.41, 5.74) is -3.92. The second kappa shape index (κ2) is 9.72. The molecule has 1 aromatic carbocycles. The number of amides is 1. The van der Waals surface area contributed by atoms with Crippen LogP contribution in [0.5, 0.6) is 11.5 Å². The molecular weight excluding hydrogens is 496 g/mol. The van der Waals surface area contributed by atoms with Gasteiger partial charge in [0, 0.05) is 0 Å². The van der Waals surface area contributed by atoms with Crippen LogP contribution in [0, 0.1) is 0 Å². The van der Waals surface area contributed by atoms with E-state index in [1.165, 1.54) is 0 Å². The fourth-order valence-electron chi connectivity index (χ4n) is 2.25. The molecule has 33 heavy (non-hydrogen) atoms. The molecule has 1 rings (SSSR count). The molecule has 2 N–H and O–H groups in total. The van der Waals surface area contributed by atoms with Gasteiger partial charge >= 0.3 is 24.7 Å². The molecule has 0 saturated carbocycles. The number of benzene rings is 1. The van der Waals surface area contributed by atoms with Crippen LogP contribution in [0.2, 0.25) is 0 Å². The van der Waals surface area contributed by atoms with Crippen LogP contribution in [0.1, 0.15) is 23.7 Å². The van der Waals surface area contributed by atoms with Gasteiger partial charge in [0.25, 0.3) is 5.91 Å². The molecule has 0 radical (unpaired) electrons. The number of carbonyl (C=O) groups is 1. The van der Waals surface area contributed by atoms with E-state index in [-0.39, 0.29) is 0 Å². The molecule has 5 nitrogen and oxygen atoms in total. The zero-order valence-corrected chi connectivity index (χ0v) is 16.1. The van der Waals surface area contributed by atoms with Gasteiger partial charge in [0.15, 0.2) is 13.2 Å². The summed E-state index contributed by atoms with van der Waals surface area (Å²) in [5.74, 6) is -3.67. The van der Waals surface area contributed by atoms with Gasteiger partial charge in [0.05, 0.1) is 5.56 Å². The minimum Gasteiger partial charge on any atom is -0.484 e. The third kappa shape index (κ3) is 7.75. The van der Waals surface area contributed by atoms with Crippen LogP contribution in [-0.2, 0) is 0 Å². The largest absolute Gasteiger partial charge is 0.484 e. The van der Waals surface area contributed by atoms with Gasteiger partial charge in [-0.2, -0.15) is 52.7 Å². The van der Waals surface area contributed by atoms with Gasteiger partial charge in [0.1, 0.15) is 11.5 Å². The maximum atomic E-state index is 13.1. The summed E-state index contributed by atoms with van der Waals surface area (Å²) in [6, 6.07) is 1.51. The minimum absolute atomic E-state index is 0.350. The van der Waals surface area contributed by atoms with Gasteiger partial charge < -0.3 is 9.47 Å². The number of hydrazine groups is 1. The molecular formula is C16H14F12N2O3. The van der Waals surface area contributed by atoms with E-state index in [1.54, 1.807) is 0 Å². The second-order valence-corrected chi connectivity index (χ2v) is 6.30. The van der Waals surface area contributed by atoms with Crippen molar-refractivity contribution in [2.45, 2.75) is 43.6 Å². The summed E-state index contributed by atoms with van der Waals surface area (Å²) >= 11 is 0. The van der Waals surface area contributed by atoms with E-state index in [2.05, 4.69) is 9.47 Å². The highest BCUT2D eigenvalue weighted by Gasteiger charge is 2.70. The van der Waals surface area contributed by atoms with E-state index < -0.39 is 72.8 Å². The summed E-state index contributed by atoms with van der Waals surface area (Å²) in [4.78, 5) is 12.2. The summed E-state index contributed by atoms with van der Waals surface area (Å²) in [6.07, 6.45) is -23.5. The van der Waals surface area contributed by atoms with Gasteiger partial charge in [-0.3, -0.25) is 10.2 Å². The smallest absolute Gasteiger partial charge is 0.422 e. The maximum absolute atomic E-state index is 13.1. The van der Waals surface area contributed by atoms with Gasteiger partial charge in [-0.1, -0.05) is 6.92 Å². The molecule has 1 amide bonds. The molecule has 0 unspecified atom stereocenters. The Morgan fingerprint density at radius 3 is 1.73 bits per heavy atom. The first-order valence-corrected chi connectivity index (χ1v) is 8.46. The summed E-state index contributed by atoms with van der Waals surface area (Å²) in [5, 5.41) is 0. The number of hydrogen-bond donors (Lipinski definition) is 2. The molecule has 0 aliphatic rings. The van der Waals surface area contributed by atoms with Crippen LogP contribution < -0.4 is 20.3 Å². The molecule has 190 valence electrons. The topological polar surface area (TPSA) is 59.6 Å². The van der Waals surface area contributed by atoms with Crippen molar-refractivity contribution in [3.8, 4) is 11.5 Å². The number of carbonyl (C=O) groups excluding carboxylic acids is 1. The highest BCUT2D eigenvalue weighted by atomic mass is 19.4. The number of hydrogen-bond acceptors (Lipinski definition) is 4. The van der Waals surface area contributed by atoms with Gasteiger partial charge in [-0.25, -0.2) is 5.43 Å². The number of ether oxygens (including phenoxy) is 2. The van der Waals surface area contributed by atoms with Crippen molar-refractivity contribution < 1.29 is 67.0 Å². The van der Waals surface area contributed by atoms with Gasteiger partial charge in [0.2, 0.25) is 5.54 Å². The van der Waals surface area contributed by atoms with Crippen molar-refractivity contribution in [1.82, 2.24) is 10.9 Å². The van der Waals surface area contributed by atoms with Crippen LogP contribution in [0.3, 0.4) is 0 Å². The lowest BCUT2D eigenvalue weighted by atomic mass is 9.95. The summed E-state index contributed by atoms with van der Waals surface area (Å²) in [7, 11) is 0. The molecule has 0 aromatic heterocycles. The Balaban J connectivity index is 3.28. The molecule has 0 aliphatic heterocycles. The van der Waals surface area contributed by atoms with Crippen LogP contribution in [0.15, 0.2) is 18.2 Å². The third-order valence-corrected chi connectivity index (χ3v) is 3.88. The molecule has 0 atom stereocenters. The van der Waals surface area contributed by atoms with Crippen molar-refractivity contribution in [3.63, 3.8) is 0 Å². The van der Waals surface area contributed by atoms with Crippen LogP contribution >= 0.6 is 0 Å². The average Bonchev–Trinajstić information content (AvgIpc) is 2.62. The standard InChI is InChI=1S/C16H14F12N2O3/c1-2-12(15(23,24)25,16(26,27)28)30-29-11(31)9-5-8(32-6-13(17,18)19)3-4-10(9)33-7-14(20,21)22/h3-5,30H,2,6-7H2,1H3,(H,29,31). The van der Waals surface area contributed by atoms with E-state index >= 15 is 0 Å². The Morgan fingerprint density at radius 1 is 0.818 bits per heavy atom. The van der Waals surface area contributed by atoms with E-state index in [1.807, 2.05) is 0 Å². The fraction of sp³-hybridized carbons (Fsp3) is 0.562. The van der Waals surface area contributed by atoms with E-state index in [9.17, 15) is 57.5 Å². The van der Waals surface area contributed by atoms with Gasteiger partial charge in [-0.05, 0) is 24.6 Å². The predicted molar refractivity (Wildman–Crippen MR) is 85.3 cm³/mol.